The molecule has 0 aliphatic carbocycles. The zero-order chi connectivity index (χ0) is 24.7. The number of rotatable bonds is 8. The third kappa shape index (κ3) is 6.12. The highest BCUT2D eigenvalue weighted by atomic mass is 35.5. The standard InChI is InChI=1S/C25H19ClN2O6/c1-16-11-21(28(30)31)8-10-22(16)33-15-25(29)34-23-9-3-17(13-24(23)32-2)12-19(14-27)18-4-6-20(26)7-5-18/h3-13H,15H2,1-2H3/b19-12+. The van der Waals surface area contributed by atoms with Crippen molar-refractivity contribution >= 4 is 34.9 Å². The minimum Gasteiger partial charge on any atom is -0.493 e. The smallest absolute Gasteiger partial charge is 0.349 e. The topological polar surface area (TPSA) is 112 Å². The van der Waals surface area contributed by atoms with Crippen LogP contribution in [-0.4, -0.2) is 24.6 Å². The summed E-state index contributed by atoms with van der Waals surface area (Å²) < 4.78 is 16.1. The van der Waals surface area contributed by atoms with Crippen molar-refractivity contribution in [2.24, 2.45) is 0 Å². The Morgan fingerprint density at radius 1 is 1.09 bits per heavy atom. The summed E-state index contributed by atoms with van der Waals surface area (Å²) in [5.41, 5.74) is 2.25. The third-order valence-corrected chi connectivity index (χ3v) is 4.96. The number of nitro benzene ring substituents is 1. The van der Waals surface area contributed by atoms with E-state index in [1.807, 2.05) is 0 Å². The number of carbonyl (C=O) groups excluding carboxylic acids is 1. The van der Waals surface area contributed by atoms with Gasteiger partial charge >= 0.3 is 5.97 Å². The van der Waals surface area contributed by atoms with Crippen LogP contribution in [0, 0.1) is 28.4 Å². The van der Waals surface area contributed by atoms with Crippen molar-refractivity contribution in [1.29, 1.82) is 5.26 Å². The van der Waals surface area contributed by atoms with Gasteiger partial charge in [-0.15, -0.1) is 0 Å². The van der Waals surface area contributed by atoms with Crippen LogP contribution in [0.5, 0.6) is 17.2 Å². The molecular formula is C25H19ClN2O6. The summed E-state index contributed by atoms with van der Waals surface area (Å²) in [6.07, 6.45) is 1.68. The summed E-state index contributed by atoms with van der Waals surface area (Å²) in [5, 5.41) is 20.9. The average molecular weight is 479 g/mol. The fourth-order valence-electron chi connectivity index (χ4n) is 3.03. The highest BCUT2D eigenvalue weighted by Crippen LogP contribution is 2.30. The molecule has 0 fully saturated rings. The van der Waals surface area contributed by atoms with Crippen molar-refractivity contribution in [2.45, 2.75) is 6.92 Å². The van der Waals surface area contributed by atoms with Crippen LogP contribution in [0.25, 0.3) is 11.6 Å². The average Bonchev–Trinajstić information content (AvgIpc) is 2.83. The SMILES string of the molecule is COc1cc(/C=C(\C#N)c2ccc(Cl)cc2)ccc1OC(=O)COc1ccc([N+](=O)[O-])cc1C. The van der Waals surface area contributed by atoms with E-state index >= 15 is 0 Å². The van der Waals surface area contributed by atoms with Gasteiger partial charge in [0.1, 0.15) is 5.75 Å². The minimum absolute atomic E-state index is 0.0677. The largest absolute Gasteiger partial charge is 0.493 e. The second kappa shape index (κ2) is 11.0. The normalized spacial score (nSPS) is 10.8. The number of benzene rings is 3. The lowest BCUT2D eigenvalue weighted by atomic mass is 10.0. The molecule has 3 rings (SSSR count). The number of hydrogen-bond donors (Lipinski definition) is 0. The van der Waals surface area contributed by atoms with Crippen molar-refractivity contribution < 1.29 is 23.9 Å². The summed E-state index contributed by atoms with van der Waals surface area (Å²) in [4.78, 5) is 22.6. The molecule has 0 heterocycles. The molecule has 0 N–H and O–H groups in total. The minimum atomic E-state index is -0.682. The number of nitro groups is 1. The van der Waals surface area contributed by atoms with Crippen LogP contribution in [0.15, 0.2) is 60.7 Å². The van der Waals surface area contributed by atoms with Crippen LogP contribution >= 0.6 is 11.6 Å². The molecule has 0 saturated heterocycles. The summed E-state index contributed by atoms with van der Waals surface area (Å²) >= 11 is 5.91. The Bertz CT molecular complexity index is 1300. The Kier molecular flexibility index (Phi) is 7.85. The second-order valence-corrected chi connectivity index (χ2v) is 7.49. The number of aryl methyl sites for hydroxylation is 1. The predicted molar refractivity (Wildman–Crippen MR) is 127 cm³/mol. The van der Waals surface area contributed by atoms with Crippen LogP contribution < -0.4 is 14.2 Å². The molecule has 0 atom stereocenters. The van der Waals surface area contributed by atoms with Gasteiger partial charge in [-0.25, -0.2) is 4.79 Å². The van der Waals surface area contributed by atoms with Crippen LogP contribution in [0.4, 0.5) is 5.69 Å². The Morgan fingerprint density at radius 3 is 2.41 bits per heavy atom. The van der Waals surface area contributed by atoms with Gasteiger partial charge in [0.2, 0.25) is 0 Å². The van der Waals surface area contributed by atoms with E-state index in [0.717, 1.165) is 0 Å². The summed E-state index contributed by atoms with van der Waals surface area (Å²) in [5.74, 6) is 0.125. The van der Waals surface area contributed by atoms with Crippen LogP contribution in [-0.2, 0) is 4.79 Å². The Balaban J connectivity index is 1.71. The molecule has 0 bridgehead atoms. The van der Waals surface area contributed by atoms with E-state index in [-0.39, 0.29) is 11.4 Å². The number of esters is 1. The van der Waals surface area contributed by atoms with Crippen molar-refractivity contribution in [2.75, 3.05) is 13.7 Å². The zero-order valence-electron chi connectivity index (χ0n) is 18.3. The van der Waals surface area contributed by atoms with Gasteiger partial charge in [-0.3, -0.25) is 10.1 Å². The number of carbonyl (C=O) groups is 1. The molecule has 3 aromatic rings. The molecule has 9 heteroatoms. The number of non-ortho nitro benzene ring substituents is 1. The van der Waals surface area contributed by atoms with E-state index in [9.17, 15) is 20.2 Å². The molecule has 0 amide bonds. The van der Waals surface area contributed by atoms with Gasteiger partial charge in [-0.05, 0) is 60.0 Å². The van der Waals surface area contributed by atoms with Crippen molar-refractivity contribution in [1.82, 2.24) is 0 Å². The fourth-order valence-corrected chi connectivity index (χ4v) is 3.16. The van der Waals surface area contributed by atoms with Gasteiger partial charge in [0.25, 0.3) is 5.69 Å². The van der Waals surface area contributed by atoms with E-state index in [4.69, 9.17) is 25.8 Å². The van der Waals surface area contributed by atoms with Gasteiger partial charge in [-0.2, -0.15) is 5.26 Å². The van der Waals surface area contributed by atoms with E-state index in [1.54, 1.807) is 55.5 Å². The van der Waals surface area contributed by atoms with Gasteiger partial charge in [0, 0.05) is 17.2 Å². The van der Waals surface area contributed by atoms with E-state index < -0.39 is 17.5 Å². The predicted octanol–water partition coefficient (Wildman–Crippen LogP) is 5.61. The molecule has 0 spiro atoms. The fraction of sp³-hybridized carbons (Fsp3) is 0.120. The van der Waals surface area contributed by atoms with Crippen LogP contribution in [0.2, 0.25) is 5.02 Å². The summed E-state index contributed by atoms with van der Waals surface area (Å²) in [7, 11) is 1.43. The number of nitriles is 1. The maximum Gasteiger partial charge on any atom is 0.349 e. The van der Waals surface area contributed by atoms with Gasteiger partial charge < -0.3 is 14.2 Å². The molecule has 172 valence electrons. The molecule has 0 aliphatic rings. The number of ether oxygens (including phenoxy) is 3. The molecule has 0 aromatic heterocycles. The quantitative estimate of drug-likeness (QED) is 0.103. The monoisotopic (exact) mass is 478 g/mol. The number of methoxy groups -OCH3 is 1. The molecule has 0 radical (unpaired) electrons. The Labute approximate surface area is 200 Å². The molecule has 0 unspecified atom stereocenters. The molecule has 34 heavy (non-hydrogen) atoms. The molecule has 0 aliphatic heterocycles. The third-order valence-electron chi connectivity index (χ3n) is 4.71. The van der Waals surface area contributed by atoms with E-state index in [1.165, 1.54) is 25.3 Å². The maximum atomic E-state index is 12.3. The first kappa shape index (κ1) is 24.3. The Morgan fingerprint density at radius 2 is 1.79 bits per heavy atom. The van der Waals surface area contributed by atoms with Gasteiger partial charge in [0.05, 0.1) is 23.7 Å². The molecular weight excluding hydrogens is 460 g/mol. The van der Waals surface area contributed by atoms with E-state index in [0.29, 0.717) is 38.8 Å². The first-order valence-corrected chi connectivity index (χ1v) is 10.3. The molecule has 3 aromatic carbocycles. The first-order valence-electron chi connectivity index (χ1n) is 9.95. The van der Waals surface area contributed by atoms with E-state index in [2.05, 4.69) is 6.07 Å². The zero-order valence-corrected chi connectivity index (χ0v) is 19.0. The van der Waals surface area contributed by atoms with Crippen molar-refractivity contribution in [3.63, 3.8) is 0 Å². The Hall–Kier alpha value is -4.35. The number of halogens is 1. The van der Waals surface area contributed by atoms with Gasteiger partial charge in [-0.1, -0.05) is 29.8 Å². The van der Waals surface area contributed by atoms with Crippen LogP contribution in [0.1, 0.15) is 16.7 Å². The summed E-state index contributed by atoms with van der Waals surface area (Å²) in [6, 6.07) is 18.0. The number of nitrogens with zero attached hydrogens (tertiary/aromatic N) is 2. The lowest BCUT2D eigenvalue weighted by Gasteiger charge is -2.12. The number of allylic oxidation sites excluding steroid dienone is 1. The van der Waals surface area contributed by atoms with Gasteiger partial charge in [0.15, 0.2) is 18.1 Å². The van der Waals surface area contributed by atoms with Crippen molar-refractivity contribution in [3.8, 4) is 23.3 Å². The van der Waals surface area contributed by atoms with Crippen LogP contribution in [0.3, 0.4) is 0 Å². The van der Waals surface area contributed by atoms with Crippen molar-refractivity contribution in [3.05, 3.63) is 92.5 Å². The second-order valence-electron chi connectivity index (χ2n) is 7.06. The highest BCUT2D eigenvalue weighted by Gasteiger charge is 2.14. The summed E-state index contributed by atoms with van der Waals surface area (Å²) in [6.45, 7) is 1.24. The highest BCUT2D eigenvalue weighted by molar-refractivity contribution is 6.30. The lowest BCUT2D eigenvalue weighted by molar-refractivity contribution is -0.384. The maximum absolute atomic E-state index is 12.3. The molecule has 8 nitrogen and oxygen atoms in total. The number of hydrogen-bond acceptors (Lipinski definition) is 7. The molecule has 0 saturated carbocycles. The lowest BCUT2D eigenvalue weighted by Crippen LogP contribution is -2.18. The first-order chi connectivity index (χ1) is 16.3.